The molecular formula is C17H33N. The van der Waals surface area contributed by atoms with E-state index in [2.05, 4.69) is 37.0 Å². The Balaban J connectivity index is -0.000000328. The van der Waals surface area contributed by atoms with Crippen molar-refractivity contribution in [3.05, 3.63) is 34.9 Å². The largest absolute Gasteiger partial charge is 0.296 e. The maximum atomic E-state index is 4.03. The Morgan fingerprint density at radius 2 is 1.50 bits per heavy atom. The van der Waals surface area contributed by atoms with Crippen molar-refractivity contribution in [1.29, 1.82) is 0 Å². The van der Waals surface area contributed by atoms with Crippen molar-refractivity contribution >= 4 is 6.21 Å². The van der Waals surface area contributed by atoms with Crippen molar-refractivity contribution in [1.82, 2.24) is 0 Å². The predicted molar refractivity (Wildman–Crippen MR) is 88.1 cm³/mol. The first kappa shape index (κ1) is 22.1. The van der Waals surface area contributed by atoms with Crippen LogP contribution in [-0.2, 0) is 6.42 Å². The van der Waals surface area contributed by atoms with Crippen LogP contribution in [0.5, 0.6) is 0 Å². The molecule has 1 nitrogen and oxygen atoms in total. The first-order chi connectivity index (χ1) is 8.77. The fourth-order valence-electron chi connectivity index (χ4n) is 1.30. The molecule has 0 aliphatic heterocycles. The van der Waals surface area contributed by atoms with Crippen molar-refractivity contribution < 1.29 is 0 Å². The van der Waals surface area contributed by atoms with Crippen LogP contribution >= 0.6 is 0 Å². The molecule has 106 valence electrons. The quantitative estimate of drug-likeness (QED) is 0.599. The van der Waals surface area contributed by atoms with Crippen LogP contribution < -0.4 is 0 Å². The molecule has 1 aromatic carbocycles. The number of aryl methyl sites for hydroxylation is 2. The number of hydrogen-bond donors (Lipinski definition) is 0. The van der Waals surface area contributed by atoms with Crippen LogP contribution in [0.25, 0.3) is 0 Å². The van der Waals surface area contributed by atoms with Gasteiger partial charge in [0, 0.05) is 13.3 Å². The molecule has 0 radical (unpaired) electrons. The smallest absolute Gasteiger partial charge is 0.0284 e. The van der Waals surface area contributed by atoms with Gasteiger partial charge < -0.3 is 0 Å². The number of nitrogens with zero attached hydrogens (tertiary/aromatic N) is 1. The lowest BCUT2D eigenvalue weighted by atomic mass is 10.0. The average molecular weight is 251 g/mol. The highest BCUT2D eigenvalue weighted by atomic mass is 14.6. The summed E-state index contributed by atoms with van der Waals surface area (Å²) in [5.74, 6) is 0. The highest BCUT2D eigenvalue weighted by molar-refractivity contribution is 5.81. The highest BCUT2D eigenvalue weighted by Crippen LogP contribution is 2.10. The third-order valence-electron chi connectivity index (χ3n) is 1.95. The van der Waals surface area contributed by atoms with Crippen molar-refractivity contribution in [2.75, 3.05) is 7.05 Å². The monoisotopic (exact) mass is 251 g/mol. The lowest BCUT2D eigenvalue weighted by Crippen LogP contribution is -1.91. The fraction of sp³-hybridized carbons (Fsp3) is 0.588. The Morgan fingerprint density at radius 1 is 1.00 bits per heavy atom. The van der Waals surface area contributed by atoms with Crippen molar-refractivity contribution in [3.63, 3.8) is 0 Å². The topological polar surface area (TPSA) is 12.4 Å². The normalized spacial score (nSPS) is 8.28. The molecule has 18 heavy (non-hydrogen) atoms. The van der Waals surface area contributed by atoms with Gasteiger partial charge in [-0.3, -0.25) is 4.99 Å². The molecule has 1 rings (SSSR count). The molecule has 0 atom stereocenters. The van der Waals surface area contributed by atoms with Gasteiger partial charge in [-0.1, -0.05) is 72.2 Å². The van der Waals surface area contributed by atoms with Crippen LogP contribution in [0, 0.1) is 6.92 Å². The molecule has 0 aliphatic carbocycles. The second-order valence-electron chi connectivity index (χ2n) is 2.94. The Morgan fingerprint density at radius 3 is 1.89 bits per heavy atom. The van der Waals surface area contributed by atoms with E-state index in [1.807, 2.05) is 54.8 Å². The molecule has 0 amide bonds. The van der Waals surface area contributed by atoms with E-state index in [1.165, 1.54) is 16.7 Å². The SMILES string of the molecule is CC.CC.CC.CCc1ccc(C)cc1C=NC. The zero-order valence-electron chi connectivity index (χ0n) is 14.0. The van der Waals surface area contributed by atoms with Gasteiger partial charge in [0.2, 0.25) is 0 Å². The minimum absolute atomic E-state index is 1.07. The molecule has 0 spiro atoms. The maximum Gasteiger partial charge on any atom is 0.0284 e. The van der Waals surface area contributed by atoms with Crippen molar-refractivity contribution in [3.8, 4) is 0 Å². The Labute approximate surface area is 115 Å². The number of aliphatic imine (C=N–C) groups is 1. The third kappa shape index (κ3) is 10.1. The van der Waals surface area contributed by atoms with Gasteiger partial charge in [-0.15, -0.1) is 0 Å². The molecule has 0 aliphatic rings. The van der Waals surface area contributed by atoms with Crippen LogP contribution in [0.1, 0.15) is 65.2 Å². The Hall–Kier alpha value is -1.11. The van der Waals surface area contributed by atoms with Crippen LogP contribution in [0.2, 0.25) is 0 Å². The maximum absolute atomic E-state index is 4.03. The van der Waals surface area contributed by atoms with Gasteiger partial charge in [-0.2, -0.15) is 0 Å². The van der Waals surface area contributed by atoms with Crippen LogP contribution in [0.4, 0.5) is 0 Å². The Kier molecular flexibility index (Phi) is 22.4. The zero-order chi connectivity index (χ0) is 15.0. The van der Waals surface area contributed by atoms with E-state index in [9.17, 15) is 0 Å². The molecule has 0 aromatic heterocycles. The predicted octanol–water partition coefficient (Wildman–Crippen LogP) is 5.68. The third-order valence-corrected chi connectivity index (χ3v) is 1.95. The van der Waals surface area contributed by atoms with Gasteiger partial charge in [0.05, 0.1) is 0 Å². The van der Waals surface area contributed by atoms with E-state index < -0.39 is 0 Å². The van der Waals surface area contributed by atoms with E-state index in [-0.39, 0.29) is 0 Å². The lowest BCUT2D eigenvalue weighted by molar-refractivity contribution is 1.13. The average Bonchev–Trinajstić information content (AvgIpc) is 2.46. The van der Waals surface area contributed by atoms with Gasteiger partial charge in [-0.05, 0) is 24.5 Å². The fourth-order valence-corrected chi connectivity index (χ4v) is 1.30. The second kappa shape index (κ2) is 18.3. The van der Waals surface area contributed by atoms with E-state index in [1.54, 1.807) is 0 Å². The highest BCUT2D eigenvalue weighted by Gasteiger charge is 1.96. The second-order valence-corrected chi connectivity index (χ2v) is 2.94. The summed E-state index contributed by atoms with van der Waals surface area (Å²) in [5, 5.41) is 0. The first-order valence-corrected chi connectivity index (χ1v) is 7.29. The molecule has 0 heterocycles. The summed E-state index contributed by atoms with van der Waals surface area (Å²) in [6.45, 7) is 16.3. The van der Waals surface area contributed by atoms with Crippen LogP contribution in [-0.4, -0.2) is 13.3 Å². The molecule has 0 saturated carbocycles. The van der Waals surface area contributed by atoms with Crippen molar-refractivity contribution in [2.45, 2.75) is 61.8 Å². The van der Waals surface area contributed by atoms with Crippen LogP contribution in [0.3, 0.4) is 0 Å². The van der Waals surface area contributed by atoms with E-state index in [0.29, 0.717) is 0 Å². The summed E-state index contributed by atoms with van der Waals surface area (Å²) in [6, 6.07) is 6.49. The van der Waals surface area contributed by atoms with Gasteiger partial charge in [-0.25, -0.2) is 0 Å². The first-order valence-electron chi connectivity index (χ1n) is 7.29. The molecule has 0 unspecified atom stereocenters. The molecular weight excluding hydrogens is 218 g/mol. The van der Waals surface area contributed by atoms with Gasteiger partial charge in [0.25, 0.3) is 0 Å². The summed E-state index contributed by atoms with van der Waals surface area (Å²) in [6.07, 6.45) is 2.99. The standard InChI is InChI=1S/C11H15N.3C2H6/c1-4-10-6-5-9(2)7-11(10)8-12-3;3*1-2/h5-8H,4H2,1-3H3;3*1-2H3. The minimum atomic E-state index is 1.07. The van der Waals surface area contributed by atoms with E-state index in [4.69, 9.17) is 0 Å². The summed E-state index contributed by atoms with van der Waals surface area (Å²) in [4.78, 5) is 4.03. The molecule has 0 fully saturated rings. The van der Waals surface area contributed by atoms with Crippen molar-refractivity contribution in [2.24, 2.45) is 4.99 Å². The lowest BCUT2D eigenvalue weighted by Gasteiger charge is -2.03. The summed E-state index contributed by atoms with van der Waals surface area (Å²) < 4.78 is 0. The zero-order valence-corrected chi connectivity index (χ0v) is 14.0. The van der Waals surface area contributed by atoms with E-state index >= 15 is 0 Å². The number of benzene rings is 1. The minimum Gasteiger partial charge on any atom is -0.296 e. The van der Waals surface area contributed by atoms with E-state index in [0.717, 1.165) is 6.42 Å². The van der Waals surface area contributed by atoms with Gasteiger partial charge >= 0.3 is 0 Å². The summed E-state index contributed by atoms with van der Waals surface area (Å²) in [5.41, 5.74) is 3.91. The molecule has 0 saturated heterocycles. The van der Waals surface area contributed by atoms with Crippen LogP contribution in [0.15, 0.2) is 23.2 Å². The number of rotatable bonds is 2. The summed E-state index contributed by atoms with van der Waals surface area (Å²) in [7, 11) is 1.81. The molecule has 0 N–H and O–H groups in total. The molecule has 1 heteroatoms. The van der Waals surface area contributed by atoms with Gasteiger partial charge in [0.15, 0.2) is 0 Å². The molecule has 1 aromatic rings. The number of hydrogen-bond acceptors (Lipinski definition) is 1. The summed E-state index contributed by atoms with van der Waals surface area (Å²) >= 11 is 0. The Bertz CT molecular complexity index is 288. The molecule has 0 bridgehead atoms. The van der Waals surface area contributed by atoms with Gasteiger partial charge in [0.1, 0.15) is 0 Å².